The van der Waals surface area contributed by atoms with E-state index >= 15 is 0 Å². The second-order valence-corrected chi connectivity index (χ2v) is 7.92. The van der Waals surface area contributed by atoms with Gasteiger partial charge in [0.1, 0.15) is 0 Å². The van der Waals surface area contributed by atoms with Gasteiger partial charge in [-0.15, -0.1) is 0 Å². The van der Waals surface area contributed by atoms with Crippen molar-refractivity contribution in [3.05, 3.63) is 30.3 Å². The van der Waals surface area contributed by atoms with E-state index in [9.17, 15) is 0 Å². The molecule has 0 heterocycles. The minimum Gasteiger partial charge on any atom is -0.470 e. The minimum absolute atomic E-state index is 0.157. The number of ether oxygens (including phenoxy) is 1. The van der Waals surface area contributed by atoms with Gasteiger partial charge in [0.05, 0.1) is 11.8 Å². The highest BCUT2D eigenvalue weighted by Crippen LogP contribution is 2.28. The lowest BCUT2D eigenvalue weighted by Gasteiger charge is -2.11. The maximum Gasteiger partial charge on any atom is 0.262 e. The molecule has 0 N–H and O–H groups in total. The van der Waals surface area contributed by atoms with Gasteiger partial charge >= 0.3 is 0 Å². The van der Waals surface area contributed by atoms with Gasteiger partial charge in [-0.3, -0.25) is 0 Å². The standard InChI is InChI=1S/C18H29NOS2/c1-4-5-6-7-8-12-15-21-22-18(20-16(2)3)19-17-13-10-9-11-14-17/h9-11,13-14,16H,4-8,12,15H2,1-3H3. The number of rotatable bonds is 10. The number of hydrogen-bond donors (Lipinski definition) is 0. The Bertz CT molecular complexity index is 407. The van der Waals surface area contributed by atoms with Crippen LogP contribution in [-0.2, 0) is 4.74 Å². The molecular formula is C18H29NOS2. The summed E-state index contributed by atoms with van der Waals surface area (Å²) in [5.41, 5.74) is 0.950. The molecule has 1 aromatic rings. The molecule has 2 nitrogen and oxygen atoms in total. The summed E-state index contributed by atoms with van der Waals surface area (Å²) < 4.78 is 5.81. The molecule has 0 bridgehead atoms. The Hall–Kier alpha value is -0.610. The van der Waals surface area contributed by atoms with E-state index in [-0.39, 0.29) is 6.10 Å². The molecule has 0 unspecified atom stereocenters. The van der Waals surface area contributed by atoms with Crippen molar-refractivity contribution in [2.45, 2.75) is 65.4 Å². The molecule has 1 aromatic carbocycles. The van der Waals surface area contributed by atoms with Crippen LogP contribution < -0.4 is 0 Å². The molecule has 1 rings (SSSR count). The molecule has 0 aliphatic rings. The molecule has 22 heavy (non-hydrogen) atoms. The summed E-state index contributed by atoms with van der Waals surface area (Å²) in [6.45, 7) is 6.34. The van der Waals surface area contributed by atoms with Gasteiger partial charge in [0.15, 0.2) is 0 Å². The van der Waals surface area contributed by atoms with Gasteiger partial charge in [0.2, 0.25) is 0 Å². The van der Waals surface area contributed by atoms with Crippen molar-refractivity contribution in [2.75, 3.05) is 5.75 Å². The maximum absolute atomic E-state index is 5.81. The molecule has 124 valence electrons. The summed E-state index contributed by atoms with van der Waals surface area (Å²) in [6.07, 6.45) is 8.21. The third kappa shape index (κ3) is 10.2. The van der Waals surface area contributed by atoms with Crippen molar-refractivity contribution in [1.29, 1.82) is 0 Å². The molecular weight excluding hydrogens is 310 g/mol. The Labute approximate surface area is 143 Å². The third-order valence-electron chi connectivity index (χ3n) is 3.02. The van der Waals surface area contributed by atoms with E-state index in [4.69, 9.17) is 4.74 Å². The number of benzene rings is 1. The molecule has 0 aliphatic carbocycles. The summed E-state index contributed by atoms with van der Waals surface area (Å²) in [4.78, 5) is 4.59. The van der Waals surface area contributed by atoms with Crippen LogP contribution in [0.4, 0.5) is 5.69 Å². The molecule has 0 spiro atoms. The second kappa shape index (κ2) is 12.9. The highest BCUT2D eigenvalue weighted by Gasteiger charge is 2.06. The zero-order valence-corrected chi connectivity index (χ0v) is 15.7. The highest BCUT2D eigenvalue weighted by molar-refractivity contribution is 8.82. The van der Waals surface area contributed by atoms with E-state index < -0.39 is 0 Å². The van der Waals surface area contributed by atoms with Crippen molar-refractivity contribution >= 4 is 32.5 Å². The van der Waals surface area contributed by atoms with Crippen LogP contribution in [0.15, 0.2) is 35.3 Å². The van der Waals surface area contributed by atoms with Crippen LogP contribution in [0.3, 0.4) is 0 Å². The molecule has 0 aliphatic heterocycles. The van der Waals surface area contributed by atoms with Gasteiger partial charge < -0.3 is 4.74 Å². The summed E-state index contributed by atoms with van der Waals surface area (Å²) in [7, 11) is 3.50. The predicted octanol–water partition coefficient (Wildman–Crippen LogP) is 6.84. The number of nitrogens with zero attached hydrogens (tertiary/aromatic N) is 1. The topological polar surface area (TPSA) is 21.6 Å². The monoisotopic (exact) mass is 339 g/mol. The lowest BCUT2D eigenvalue weighted by atomic mass is 10.1. The second-order valence-electron chi connectivity index (χ2n) is 5.55. The van der Waals surface area contributed by atoms with E-state index in [1.54, 1.807) is 10.8 Å². The number of hydrogen-bond acceptors (Lipinski definition) is 4. The zero-order valence-electron chi connectivity index (χ0n) is 14.1. The van der Waals surface area contributed by atoms with Crippen LogP contribution >= 0.6 is 21.6 Å². The maximum atomic E-state index is 5.81. The molecule has 0 radical (unpaired) electrons. The summed E-state index contributed by atoms with van der Waals surface area (Å²) >= 11 is 0. The SMILES string of the molecule is CCCCCCCCSSC(=Nc1ccccc1)OC(C)C. The lowest BCUT2D eigenvalue weighted by molar-refractivity contribution is 0.237. The van der Waals surface area contributed by atoms with Gasteiger partial charge in [-0.1, -0.05) is 68.0 Å². The molecule has 4 heteroatoms. The first-order chi connectivity index (χ1) is 10.7. The van der Waals surface area contributed by atoms with E-state index in [1.807, 2.05) is 55.0 Å². The van der Waals surface area contributed by atoms with Crippen molar-refractivity contribution in [3.8, 4) is 0 Å². The first-order valence-corrected chi connectivity index (χ1v) is 10.6. The Morgan fingerprint density at radius 2 is 1.73 bits per heavy atom. The van der Waals surface area contributed by atoms with Gasteiger partial charge in [-0.05, 0) is 32.4 Å². The zero-order chi connectivity index (χ0) is 16.0. The largest absolute Gasteiger partial charge is 0.470 e. The molecule has 0 saturated heterocycles. The van der Waals surface area contributed by atoms with Crippen LogP contribution in [0.5, 0.6) is 0 Å². The van der Waals surface area contributed by atoms with Crippen molar-refractivity contribution in [1.82, 2.24) is 0 Å². The summed E-state index contributed by atoms with van der Waals surface area (Å²) in [6, 6.07) is 10.0. The van der Waals surface area contributed by atoms with Crippen molar-refractivity contribution in [3.63, 3.8) is 0 Å². The average molecular weight is 340 g/mol. The highest BCUT2D eigenvalue weighted by atomic mass is 33.1. The van der Waals surface area contributed by atoms with E-state index in [1.165, 1.54) is 38.5 Å². The molecule has 0 aromatic heterocycles. The fourth-order valence-electron chi connectivity index (χ4n) is 1.91. The normalized spacial score (nSPS) is 11.9. The van der Waals surface area contributed by atoms with Crippen LogP contribution in [0.25, 0.3) is 0 Å². The Balaban J connectivity index is 2.29. The Morgan fingerprint density at radius 1 is 1.05 bits per heavy atom. The van der Waals surface area contributed by atoms with Gasteiger partial charge in [0.25, 0.3) is 5.23 Å². The van der Waals surface area contributed by atoms with Crippen LogP contribution in [-0.4, -0.2) is 17.1 Å². The number of unbranched alkanes of at least 4 members (excludes halogenated alkanes) is 5. The smallest absolute Gasteiger partial charge is 0.262 e. The first kappa shape index (κ1) is 19.4. The van der Waals surface area contributed by atoms with Crippen molar-refractivity contribution in [2.24, 2.45) is 4.99 Å². The van der Waals surface area contributed by atoms with Crippen LogP contribution in [0.2, 0.25) is 0 Å². The average Bonchev–Trinajstić information content (AvgIpc) is 2.50. The third-order valence-corrected chi connectivity index (χ3v) is 5.21. The minimum atomic E-state index is 0.157. The fourth-order valence-corrected chi connectivity index (χ4v) is 3.92. The molecule has 0 fully saturated rings. The van der Waals surface area contributed by atoms with E-state index in [0.29, 0.717) is 0 Å². The number of aliphatic imine (C=N–C) groups is 1. The summed E-state index contributed by atoms with van der Waals surface area (Å²) in [5.74, 6) is 1.16. The van der Waals surface area contributed by atoms with Gasteiger partial charge in [-0.2, -0.15) is 0 Å². The molecule has 0 atom stereocenters. The molecule has 0 amide bonds. The van der Waals surface area contributed by atoms with E-state index in [2.05, 4.69) is 11.9 Å². The number of para-hydroxylation sites is 1. The van der Waals surface area contributed by atoms with Crippen LogP contribution in [0, 0.1) is 0 Å². The fraction of sp³-hybridized carbons (Fsp3) is 0.611. The first-order valence-electron chi connectivity index (χ1n) is 8.32. The van der Waals surface area contributed by atoms with Gasteiger partial charge in [0, 0.05) is 16.5 Å². The van der Waals surface area contributed by atoms with E-state index in [0.717, 1.165) is 16.7 Å². The van der Waals surface area contributed by atoms with Crippen LogP contribution in [0.1, 0.15) is 59.3 Å². The van der Waals surface area contributed by atoms with Crippen molar-refractivity contribution < 1.29 is 4.74 Å². The Kier molecular flexibility index (Phi) is 11.4. The quantitative estimate of drug-likeness (QED) is 0.201. The predicted molar refractivity (Wildman–Crippen MR) is 103 cm³/mol. The summed E-state index contributed by atoms with van der Waals surface area (Å²) in [5, 5.41) is 0.761. The Morgan fingerprint density at radius 3 is 2.41 bits per heavy atom. The molecule has 0 saturated carbocycles. The van der Waals surface area contributed by atoms with Gasteiger partial charge in [-0.25, -0.2) is 4.99 Å². The lowest BCUT2D eigenvalue weighted by Crippen LogP contribution is -2.07.